The molecule has 6 fully saturated rings. The zero-order valence-corrected chi connectivity index (χ0v) is 36.1. The largest absolute Gasteiger partial charge is 0.480 e. The van der Waals surface area contributed by atoms with Crippen LogP contribution in [0.3, 0.4) is 0 Å². The monoisotopic (exact) mass is 830 g/mol. The summed E-state index contributed by atoms with van der Waals surface area (Å²) >= 11 is 1.39. The molecule has 6 saturated heterocycles. The number of hydrogen-bond acceptors (Lipinski definition) is 12. The van der Waals surface area contributed by atoms with Gasteiger partial charge in [0.25, 0.3) is 0 Å². The topological polar surface area (TPSA) is 183 Å². The Kier molecular flexibility index (Phi) is 12.2. The molecular weight excluding hydrogens is 761 g/mol. The molecule has 0 aromatic carbocycles. The van der Waals surface area contributed by atoms with Crippen LogP contribution in [0, 0.1) is 29.1 Å². The Bertz CT molecular complexity index is 1620. The van der Waals surface area contributed by atoms with Gasteiger partial charge in [-0.15, -0.1) is 11.8 Å². The number of rotatable bonds is 6. The second-order valence-corrected chi connectivity index (χ2v) is 21.3. The number of aliphatic hydroxyl groups excluding tert-OH is 2. The molecule has 13 heteroatoms. The van der Waals surface area contributed by atoms with Crippen molar-refractivity contribution in [3.05, 3.63) is 23.8 Å². The van der Waals surface area contributed by atoms with E-state index in [1.165, 1.54) is 17.5 Å². The normalized spacial score (nSPS) is 48.1. The van der Waals surface area contributed by atoms with Crippen molar-refractivity contribution < 1.29 is 48.9 Å². The van der Waals surface area contributed by atoms with Gasteiger partial charge in [-0.1, -0.05) is 44.6 Å². The molecular formula is C45H70N2O10S. The molecule has 0 aromatic heterocycles. The highest BCUT2D eigenvalue weighted by Crippen LogP contribution is 2.59. The van der Waals surface area contributed by atoms with E-state index < -0.39 is 53.3 Å². The van der Waals surface area contributed by atoms with Crippen LogP contribution >= 0.6 is 11.8 Å². The van der Waals surface area contributed by atoms with E-state index in [-0.39, 0.29) is 47.1 Å². The summed E-state index contributed by atoms with van der Waals surface area (Å²) in [7, 11) is 0. The van der Waals surface area contributed by atoms with Crippen molar-refractivity contribution in [2.45, 2.75) is 195 Å². The molecule has 8 aliphatic rings. The third kappa shape index (κ3) is 7.94. The van der Waals surface area contributed by atoms with Gasteiger partial charge in [0, 0.05) is 66.7 Å². The van der Waals surface area contributed by atoms with Crippen LogP contribution in [-0.4, -0.2) is 116 Å². The molecule has 0 amide bonds. The minimum Gasteiger partial charge on any atom is -0.480 e. The quantitative estimate of drug-likeness (QED) is 0.196. The fourth-order valence-electron chi connectivity index (χ4n) is 12.2. The smallest absolute Gasteiger partial charge is 0.321 e. The number of hydrogen-bond donors (Lipinski definition) is 5. The van der Waals surface area contributed by atoms with Crippen molar-refractivity contribution in [2.24, 2.45) is 39.8 Å². The van der Waals surface area contributed by atoms with E-state index in [0.29, 0.717) is 50.4 Å². The van der Waals surface area contributed by atoms with Gasteiger partial charge in [-0.3, -0.25) is 9.79 Å². The number of aliphatic imine (C=N–C) groups is 1. The fourth-order valence-corrected chi connectivity index (χ4v) is 13.3. The van der Waals surface area contributed by atoms with Gasteiger partial charge in [0.15, 0.2) is 11.6 Å². The predicted molar refractivity (Wildman–Crippen MR) is 221 cm³/mol. The van der Waals surface area contributed by atoms with E-state index in [9.17, 15) is 25.2 Å². The third-order valence-electron chi connectivity index (χ3n) is 15.8. The molecule has 58 heavy (non-hydrogen) atoms. The van der Waals surface area contributed by atoms with E-state index in [0.717, 1.165) is 81.9 Å². The van der Waals surface area contributed by atoms with Crippen molar-refractivity contribution >= 4 is 23.4 Å². The number of aliphatic carboxylic acids is 1. The molecule has 8 rings (SSSR count). The molecule has 0 saturated carbocycles. The number of carboxylic acid groups (broad SMARTS) is 1. The van der Waals surface area contributed by atoms with Crippen LogP contribution in [0.5, 0.6) is 0 Å². The molecule has 4 spiro atoms. The number of carbonyl (C=O) groups is 1. The van der Waals surface area contributed by atoms with Gasteiger partial charge >= 0.3 is 5.97 Å². The highest BCUT2D eigenvalue weighted by molar-refractivity contribution is 8.00. The van der Waals surface area contributed by atoms with Gasteiger partial charge in [-0.2, -0.15) is 0 Å². The van der Waals surface area contributed by atoms with Crippen LogP contribution in [0.2, 0.25) is 0 Å². The molecule has 326 valence electrons. The molecule has 7 heterocycles. The summed E-state index contributed by atoms with van der Waals surface area (Å²) in [5, 5.41) is 43.8. The highest BCUT2D eigenvalue weighted by atomic mass is 32.2. The zero-order valence-electron chi connectivity index (χ0n) is 35.2. The summed E-state index contributed by atoms with van der Waals surface area (Å²) in [4.78, 5) is 17.2. The molecule has 12 nitrogen and oxygen atoms in total. The predicted octanol–water partition coefficient (Wildman–Crippen LogP) is 6.04. The van der Waals surface area contributed by atoms with Gasteiger partial charge in [0.2, 0.25) is 5.79 Å². The first kappa shape index (κ1) is 43.3. The third-order valence-corrected chi connectivity index (χ3v) is 17.2. The Morgan fingerprint density at radius 2 is 1.72 bits per heavy atom. The first-order chi connectivity index (χ1) is 27.5. The van der Waals surface area contributed by atoms with E-state index >= 15 is 0 Å². The molecule has 6 N–H and O–H groups in total. The minimum atomic E-state index is -1.16. The second-order valence-electron chi connectivity index (χ2n) is 20.0. The Labute approximate surface area is 349 Å². The Morgan fingerprint density at radius 1 is 0.931 bits per heavy atom. The minimum absolute atomic E-state index is 0.0821. The lowest BCUT2D eigenvalue weighted by atomic mass is 9.57. The maximum atomic E-state index is 12.0. The Balaban J connectivity index is 1.20. The number of nitrogens with zero attached hydrogens (tertiary/aromatic N) is 1. The number of nitrogens with two attached hydrogens (primary N) is 1. The van der Waals surface area contributed by atoms with Crippen molar-refractivity contribution in [3.8, 4) is 0 Å². The molecule has 7 bridgehead atoms. The average Bonchev–Trinajstić information content (AvgIpc) is 3.65. The Hall–Kier alpha value is -1.39. The van der Waals surface area contributed by atoms with E-state index in [1.54, 1.807) is 0 Å². The van der Waals surface area contributed by atoms with Crippen molar-refractivity contribution in [1.82, 2.24) is 0 Å². The lowest BCUT2D eigenvalue weighted by molar-refractivity contribution is -0.403. The first-order valence-corrected chi connectivity index (χ1v) is 23.5. The SMILES string of the molecule is C=C1CCCC2=NC[C@H](C)[C@@H](C)C[C@@]23CCC([C@@H](CO)SC[C@H](N)C(=O)O)=C[C@@H]3[C@@H]2O[C@]3(C[C@H]4CCC[C@@]5(CC[C@@]6(O[C@@H](CC[C@@]6(C)O)C1)O5)O4)C[C@@H](C)[C@@H](O)[C@H]2O3. The highest BCUT2D eigenvalue weighted by Gasteiger charge is 2.66. The second kappa shape index (κ2) is 16.4. The van der Waals surface area contributed by atoms with Gasteiger partial charge < -0.3 is 49.8 Å². The number of ether oxygens (including phenoxy) is 5. The number of thioether (sulfide) groups is 1. The van der Waals surface area contributed by atoms with Gasteiger partial charge in [0.05, 0.1) is 31.0 Å². The maximum Gasteiger partial charge on any atom is 0.321 e. The fraction of sp³-hybridized carbons (Fsp3) is 0.867. The Morgan fingerprint density at radius 3 is 2.50 bits per heavy atom. The summed E-state index contributed by atoms with van der Waals surface area (Å²) in [6.07, 6.45) is 11.7. The average molecular weight is 831 g/mol. The number of fused-ring (bicyclic) bond motifs is 6. The van der Waals surface area contributed by atoms with Crippen molar-refractivity contribution in [2.75, 3.05) is 18.9 Å². The summed E-state index contributed by atoms with van der Waals surface area (Å²) in [6.45, 7) is 13.7. The van der Waals surface area contributed by atoms with Crippen LogP contribution in [0.25, 0.3) is 0 Å². The van der Waals surface area contributed by atoms with Crippen molar-refractivity contribution in [3.63, 3.8) is 0 Å². The number of carboxylic acids is 1. The van der Waals surface area contributed by atoms with E-state index in [1.807, 2.05) is 6.92 Å². The summed E-state index contributed by atoms with van der Waals surface area (Å²) in [6, 6.07) is -1.03. The van der Waals surface area contributed by atoms with Gasteiger partial charge in [0.1, 0.15) is 17.7 Å². The molecule has 0 radical (unpaired) electrons. The van der Waals surface area contributed by atoms with E-state index in [2.05, 4.69) is 33.4 Å². The molecule has 16 atom stereocenters. The van der Waals surface area contributed by atoms with Crippen molar-refractivity contribution in [1.29, 1.82) is 0 Å². The standard InChI is InChI=1S/C45H70N2O10S/c1-26-8-6-10-36-42(20-27(2)29(4)23-47-36)15-11-30(35(24-48)58-25-34(46)40(50)51)19-33(42)38-39-37(49)28(3)21-44(55-38,56-39)22-32-9-7-13-43(53-32)16-17-45(57-43)41(5,52)14-12-31(18-26)54-45/h19,27-29,31-35,37-39,48-49,52H,1,6-18,20-25,46H2,2-5H3,(H,50,51)/t27-,28+,29-,31-,32+,33+,34-,35+,37+,38-,39+,41+,42+,43+,44+,45+/m0/s1. The molecule has 1 aliphatic carbocycles. The molecule has 0 aromatic rings. The lowest BCUT2D eigenvalue weighted by Gasteiger charge is -2.50. The maximum absolute atomic E-state index is 12.0. The van der Waals surface area contributed by atoms with Crippen LogP contribution in [0.15, 0.2) is 28.8 Å². The summed E-state index contributed by atoms with van der Waals surface area (Å²) in [5.74, 6) is -3.43. The summed E-state index contributed by atoms with van der Waals surface area (Å²) in [5.41, 5.74) is 7.80. The molecule has 0 unspecified atom stereocenters. The van der Waals surface area contributed by atoms with Crippen LogP contribution in [0.4, 0.5) is 0 Å². The number of aliphatic hydroxyl groups is 3. The zero-order chi connectivity index (χ0) is 41.3. The molecule has 7 aliphatic heterocycles. The van der Waals surface area contributed by atoms with Crippen LogP contribution in [-0.2, 0) is 28.5 Å². The first-order valence-electron chi connectivity index (χ1n) is 22.4. The van der Waals surface area contributed by atoms with Crippen LogP contribution < -0.4 is 5.73 Å². The van der Waals surface area contributed by atoms with Gasteiger partial charge in [-0.25, -0.2) is 0 Å². The van der Waals surface area contributed by atoms with E-state index in [4.69, 9.17) is 34.4 Å². The lowest BCUT2D eigenvalue weighted by Crippen LogP contribution is -2.60. The summed E-state index contributed by atoms with van der Waals surface area (Å²) < 4.78 is 35.3. The van der Waals surface area contributed by atoms with Gasteiger partial charge in [-0.05, 0) is 95.3 Å². The van der Waals surface area contributed by atoms with Crippen LogP contribution in [0.1, 0.15) is 130 Å².